The van der Waals surface area contributed by atoms with Gasteiger partial charge < -0.3 is 20.5 Å². The zero-order chi connectivity index (χ0) is 22.6. The van der Waals surface area contributed by atoms with E-state index in [2.05, 4.69) is 22.8 Å². The van der Waals surface area contributed by atoms with Crippen LogP contribution in [0.1, 0.15) is 27.0 Å². The fraction of sp³-hybridized carbons (Fsp3) is 0.231. The largest absolute Gasteiger partial charge is 0.495 e. The highest BCUT2D eigenvalue weighted by Gasteiger charge is 2.45. The molecule has 1 aliphatic carbocycles. The Kier molecular flexibility index (Phi) is 6.12. The highest BCUT2D eigenvalue weighted by molar-refractivity contribution is 5.99. The summed E-state index contributed by atoms with van der Waals surface area (Å²) in [5, 5.41) is 16.1. The van der Waals surface area contributed by atoms with E-state index in [4.69, 9.17) is 4.74 Å². The number of amides is 1. The van der Waals surface area contributed by atoms with Gasteiger partial charge in [0, 0.05) is 24.9 Å². The average Bonchev–Trinajstić information content (AvgIpc) is 3.19. The molecule has 4 rings (SSSR count). The first-order valence-electron chi connectivity index (χ1n) is 10.6. The number of aliphatic carboxylic acids is 1. The molecule has 1 amide bonds. The van der Waals surface area contributed by atoms with Crippen molar-refractivity contribution in [2.24, 2.45) is 0 Å². The van der Waals surface area contributed by atoms with Crippen LogP contribution in [0, 0.1) is 0 Å². The van der Waals surface area contributed by atoms with Gasteiger partial charge in [-0.15, -0.1) is 0 Å². The first-order valence-corrected chi connectivity index (χ1v) is 10.6. The van der Waals surface area contributed by atoms with Gasteiger partial charge in [-0.2, -0.15) is 0 Å². The number of nitrogens with one attached hydrogen (secondary N) is 2. The van der Waals surface area contributed by atoms with Crippen LogP contribution in [0.15, 0.2) is 72.8 Å². The molecule has 3 aromatic carbocycles. The Labute approximate surface area is 187 Å². The van der Waals surface area contributed by atoms with E-state index in [1.807, 2.05) is 42.5 Å². The molecule has 6 heteroatoms. The third-order valence-corrected chi connectivity index (χ3v) is 5.90. The van der Waals surface area contributed by atoms with Gasteiger partial charge in [-0.3, -0.25) is 4.79 Å². The molecule has 0 spiro atoms. The summed E-state index contributed by atoms with van der Waals surface area (Å²) in [6, 6.07) is 22.8. The molecular formula is C26H26N2O4. The van der Waals surface area contributed by atoms with E-state index in [1.54, 1.807) is 25.3 Å². The number of anilines is 1. The van der Waals surface area contributed by atoms with E-state index < -0.39 is 17.4 Å². The Balaban J connectivity index is 1.49. The van der Waals surface area contributed by atoms with Gasteiger partial charge in [0.05, 0.1) is 12.8 Å². The monoisotopic (exact) mass is 430 g/mol. The van der Waals surface area contributed by atoms with Crippen molar-refractivity contribution in [3.8, 4) is 5.75 Å². The molecule has 0 heterocycles. The number of ether oxygens (including phenoxy) is 1. The molecule has 3 N–H and O–H groups in total. The Morgan fingerprint density at radius 2 is 1.62 bits per heavy atom. The van der Waals surface area contributed by atoms with Crippen molar-refractivity contribution in [1.82, 2.24) is 5.32 Å². The third kappa shape index (κ3) is 4.44. The van der Waals surface area contributed by atoms with E-state index in [-0.39, 0.29) is 12.8 Å². The van der Waals surface area contributed by atoms with Gasteiger partial charge in [0.1, 0.15) is 11.3 Å². The van der Waals surface area contributed by atoms with Crippen LogP contribution in [0.2, 0.25) is 0 Å². The maximum absolute atomic E-state index is 13.1. The lowest BCUT2D eigenvalue weighted by molar-refractivity contribution is -0.144. The number of benzene rings is 3. The first-order chi connectivity index (χ1) is 15.5. The van der Waals surface area contributed by atoms with Crippen LogP contribution < -0.4 is 15.4 Å². The quantitative estimate of drug-likeness (QED) is 0.507. The van der Waals surface area contributed by atoms with Crippen LogP contribution >= 0.6 is 0 Å². The number of carbonyl (C=O) groups is 2. The van der Waals surface area contributed by atoms with Crippen molar-refractivity contribution >= 4 is 17.6 Å². The summed E-state index contributed by atoms with van der Waals surface area (Å²) >= 11 is 0. The molecular weight excluding hydrogens is 404 g/mol. The van der Waals surface area contributed by atoms with E-state index in [9.17, 15) is 14.7 Å². The molecule has 1 aliphatic rings. The fourth-order valence-electron chi connectivity index (χ4n) is 4.17. The summed E-state index contributed by atoms with van der Waals surface area (Å²) in [5.74, 6) is -0.832. The Hall–Kier alpha value is -3.80. The van der Waals surface area contributed by atoms with E-state index in [1.165, 1.54) is 5.56 Å². The standard InChI is InChI=1S/C26H26N2O4/c1-32-23-12-11-19(15-22(23)27-14-13-18-7-3-2-4-8-18)24(29)28-26(25(30)31)16-20-9-5-6-10-21(20)17-26/h2-12,15,27H,13-14,16-17H2,1H3,(H,28,29)(H,30,31). The minimum Gasteiger partial charge on any atom is -0.495 e. The molecule has 3 aromatic rings. The minimum atomic E-state index is -1.35. The molecule has 32 heavy (non-hydrogen) atoms. The predicted molar refractivity (Wildman–Crippen MR) is 123 cm³/mol. The van der Waals surface area contributed by atoms with Crippen molar-refractivity contribution in [2.45, 2.75) is 24.8 Å². The molecule has 0 bridgehead atoms. The second-order valence-corrected chi connectivity index (χ2v) is 8.04. The lowest BCUT2D eigenvalue weighted by Crippen LogP contribution is -2.55. The van der Waals surface area contributed by atoms with Crippen LogP contribution in [0.3, 0.4) is 0 Å². The normalized spacial score (nSPS) is 13.8. The van der Waals surface area contributed by atoms with Gasteiger partial charge in [-0.25, -0.2) is 4.79 Å². The van der Waals surface area contributed by atoms with Crippen molar-refractivity contribution in [2.75, 3.05) is 19.0 Å². The van der Waals surface area contributed by atoms with Crippen molar-refractivity contribution in [1.29, 1.82) is 0 Å². The second-order valence-electron chi connectivity index (χ2n) is 8.04. The van der Waals surface area contributed by atoms with Crippen molar-refractivity contribution in [3.05, 3.63) is 95.1 Å². The number of fused-ring (bicyclic) bond motifs is 1. The molecule has 0 radical (unpaired) electrons. The fourth-order valence-corrected chi connectivity index (χ4v) is 4.17. The van der Waals surface area contributed by atoms with E-state index in [0.717, 1.165) is 17.5 Å². The highest BCUT2D eigenvalue weighted by Crippen LogP contribution is 2.31. The van der Waals surface area contributed by atoms with Gasteiger partial charge >= 0.3 is 5.97 Å². The van der Waals surface area contributed by atoms with Gasteiger partial charge in [0.2, 0.25) is 0 Å². The molecule has 0 saturated carbocycles. The first kappa shape index (κ1) is 21.4. The number of methoxy groups -OCH3 is 1. The van der Waals surface area contributed by atoms with E-state index >= 15 is 0 Å². The minimum absolute atomic E-state index is 0.266. The van der Waals surface area contributed by atoms with Gasteiger partial charge in [0.15, 0.2) is 0 Å². The maximum Gasteiger partial charge on any atom is 0.330 e. The third-order valence-electron chi connectivity index (χ3n) is 5.90. The summed E-state index contributed by atoms with van der Waals surface area (Å²) in [6.07, 6.45) is 1.35. The van der Waals surface area contributed by atoms with Gasteiger partial charge in [-0.05, 0) is 41.3 Å². The number of carboxylic acids is 1. The molecule has 0 saturated heterocycles. The molecule has 0 aromatic heterocycles. The predicted octanol–water partition coefficient (Wildman–Crippen LogP) is 3.70. The molecule has 164 valence electrons. The van der Waals surface area contributed by atoms with Gasteiger partial charge in [-0.1, -0.05) is 54.6 Å². The molecule has 0 unspecified atom stereocenters. The Morgan fingerprint density at radius 3 is 2.25 bits per heavy atom. The van der Waals surface area contributed by atoms with Crippen LogP contribution in [-0.2, 0) is 24.1 Å². The number of hydrogen-bond donors (Lipinski definition) is 3. The summed E-state index contributed by atoms with van der Waals surface area (Å²) in [6.45, 7) is 0.666. The average molecular weight is 431 g/mol. The Morgan fingerprint density at radius 1 is 0.969 bits per heavy atom. The van der Waals surface area contributed by atoms with Crippen molar-refractivity contribution < 1.29 is 19.4 Å². The van der Waals surface area contributed by atoms with Crippen LogP contribution in [0.5, 0.6) is 5.75 Å². The number of rotatable bonds is 8. The van der Waals surface area contributed by atoms with E-state index in [0.29, 0.717) is 23.5 Å². The van der Waals surface area contributed by atoms with Crippen molar-refractivity contribution in [3.63, 3.8) is 0 Å². The summed E-state index contributed by atoms with van der Waals surface area (Å²) < 4.78 is 5.43. The summed E-state index contributed by atoms with van der Waals surface area (Å²) in [7, 11) is 1.58. The SMILES string of the molecule is COc1ccc(C(=O)NC2(C(=O)O)Cc3ccccc3C2)cc1NCCc1ccccc1. The topological polar surface area (TPSA) is 87.7 Å². The lowest BCUT2D eigenvalue weighted by atomic mass is 9.95. The lowest BCUT2D eigenvalue weighted by Gasteiger charge is -2.25. The molecule has 0 aliphatic heterocycles. The highest BCUT2D eigenvalue weighted by atomic mass is 16.5. The van der Waals surface area contributed by atoms with Crippen LogP contribution in [0.25, 0.3) is 0 Å². The van der Waals surface area contributed by atoms with Crippen LogP contribution in [-0.4, -0.2) is 36.2 Å². The summed E-state index contributed by atoms with van der Waals surface area (Å²) in [5.41, 5.74) is 2.83. The smallest absolute Gasteiger partial charge is 0.330 e. The second kappa shape index (κ2) is 9.14. The summed E-state index contributed by atoms with van der Waals surface area (Å²) in [4.78, 5) is 25.2. The maximum atomic E-state index is 13.1. The zero-order valence-electron chi connectivity index (χ0n) is 17.9. The van der Waals surface area contributed by atoms with Gasteiger partial charge in [0.25, 0.3) is 5.91 Å². The number of carbonyl (C=O) groups excluding carboxylic acids is 1. The molecule has 6 nitrogen and oxygen atoms in total. The number of carboxylic acid groups (broad SMARTS) is 1. The molecule has 0 fully saturated rings. The molecule has 0 atom stereocenters. The van der Waals surface area contributed by atoms with Crippen LogP contribution in [0.4, 0.5) is 5.69 Å². The Bertz CT molecular complexity index is 1100. The zero-order valence-corrected chi connectivity index (χ0v) is 17.9. The number of hydrogen-bond acceptors (Lipinski definition) is 4.